The summed E-state index contributed by atoms with van der Waals surface area (Å²) in [5.74, 6) is 1.54. The van der Waals surface area contributed by atoms with Crippen LogP contribution >= 0.6 is 0 Å². The number of nitrogens with zero attached hydrogens (tertiary/aromatic N) is 2. The van der Waals surface area contributed by atoms with Crippen LogP contribution in [0.4, 0.5) is 0 Å². The van der Waals surface area contributed by atoms with Gasteiger partial charge in [-0.1, -0.05) is 30.4 Å². The number of imidazole rings is 1. The van der Waals surface area contributed by atoms with Crippen LogP contribution < -0.4 is 9.47 Å². The molecule has 0 aliphatic heterocycles. The van der Waals surface area contributed by atoms with Crippen LogP contribution in [0.15, 0.2) is 54.9 Å². The van der Waals surface area contributed by atoms with Crippen molar-refractivity contribution >= 4 is 17.1 Å². The zero-order valence-electron chi connectivity index (χ0n) is 14.1. The van der Waals surface area contributed by atoms with Crippen LogP contribution in [-0.2, 0) is 6.54 Å². The van der Waals surface area contributed by atoms with Crippen molar-refractivity contribution in [1.29, 1.82) is 0 Å². The molecule has 0 amide bonds. The van der Waals surface area contributed by atoms with Crippen LogP contribution in [0.3, 0.4) is 0 Å². The lowest BCUT2D eigenvalue weighted by Crippen LogP contribution is -2.04. The molecule has 4 nitrogen and oxygen atoms in total. The number of allylic oxidation sites excluding steroid dienone is 1. The van der Waals surface area contributed by atoms with E-state index in [1.54, 1.807) is 7.11 Å². The number of aryl methyl sites for hydroxylation is 1. The quantitative estimate of drug-likeness (QED) is 0.599. The summed E-state index contributed by atoms with van der Waals surface area (Å²) in [5.41, 5.74) is 3.29. The van der Waals surface area contributed by atoms with E-state index in [1.807, 2.05) is 61.8 Å². The number of rotatable bonds is 7. The first-order valence-electron chi connectivity index (χ1n) is 8.15. The van der Waals surface area contributed by atoms with E-state index < -0.39 is 0 Å². The summed E-state index contributed by atoms with van der Waals surface area (Å²) < 4.78 is 13.5. The van der Waals surface area contributed by atoms with E-state index >= 15 is 0 Å². The monoisotopic (exact) mass is 322 g/mol. The van der Waals surface area contributed by atoms with Gasteiger partial charge in [0.15, 0.2) is 11.5 Å². The normalized spacial score (nSPS) is 11.2. The Labute approximate surface area is 142 Å². The third-order valence-corrected chi connectivity index (χ3v) is 3.88. The molecule has 0 aliphatic rings. The van der Waals surface area contributed by atoms with Gasteiger partial charge >= 0.3 is 0 Å². The molecule has 0 saturated carbocycles. The number of benzene rings is 2. The lowest BCUT2D eigenvalue weighted by molar-refractivity contribution is 0.283. The van der Waals surface area contributed by atoms with Crippen molar-refractivity contribution in [3.8, 4) is 11.5 Å². The van der Waals surface area contributed by atoms with E-state index in [2.05, 4.69) is 15.6 Å². The molecule has 1 heterocycles. The van der Waals surface area contributed by atoms with Crippen LogP contribution in [0.25, 0.3) is 17.1 Å². The SMILES string of the molecule is C/C=C/c1ccc(OCCCn2cnc3ccccc32)c(OC)c1. The van der Waals surface area contributed by atoms with Crippen molar-refractivity contribution < 1.29 is 9.47 Å². The van der Waals surface area contributed by atoms with Gasteiger partial charge in [0, 0.05) is 6.54 Å². The molecule has 0 saturated heterocycles. The largest absolute Gasteiger partial charge is 0.493 e. The second kappa shape index (κ2) is 7.68. The third kappa shape index (κ3) is 3.59. The lowest BCUT2D eigenvalue weighted by Gasteiger charge is -2.11. The predicted molar refractivity (Wildman–Crippen MR) is 97.5 cm³/mol. The molecule has 0 bridgehead atoms. The second-order valence-corrected chi connectivity index (χ2v) is 5.54. The van der Waals surface area contributed by atoms with Crippen LogP contribution in [0.1, 0.15) is 18.9 Å². The Hall–Kier alpha value is -2.75. The zero-order valence-corrected chi connectivity index (χ0v) is 14.1. The molecule has 24 heavy (non-hydrogen) atoms. The van der Waals surface area contributed by atoms with Crippen LogP contribution in [0, 0.1) is 0 Å². The van der Waals surface area contributed by atoms with Gasteiger partial charge in [-0.15, -0.1) is 0 Å². The fourth-order valence-corrected chi connectivity index (χ4v) is 2.71. The van der Waals surface area contributed by atoms with Crippen LogP contribution in [-0.4, -0.2) is 23.3 Å². The van der Waals surface area contributed by atoms with Crippen molar-refractivity contribution in [1.82, 2.24) is 9.55 Å². The Bertz CT molecular complexity index is 837. The number of hydrogen-bond donors (Lipinski definition) is 0. The second-order valence-electron chi connectivity index (χ2n) is 5.54. The van der Waals surface area contributed by atoms with E-state index in [1.165, 1.54) is 0 Å². The fourth-order valence-electron chi connectivity index (χ4n) is 2.71. The Morgan fingerprint density at radius 3 is 2.83 bits per heavy atom. The Morgan fingerprint density at radius 2 is 2.00 bits per heavy atom. The van der Waals surface area contributed by atoms with Crippen molar-refractivity contribution in [3.63, 3.8) is 0 Å². The number of methoxy groups -OCH3 is 1. The maximum Gasteiger partial charge on any atom is 0.161 e. The van der Waals surface area contributed by atoms with E-state index in [4.69, 9.17) is 9.47 Å². The standard InChI is InChI=1S/C20H22N2O2/c1-3-7-16-10-11-19(20(14-16)23-2)24-13-6-12-22-15-21-17-8-4-5-9-18(17)22/h3-5,7-11,14-15H,6,12-13H2,1-2H3/b7-3+. The van der Waals surface area contributed by atoms with E-state index in [0.717, 1.165) is 41.1 Å². The van der Waals surface area contributed by atoms with Crippen molar-refractivity contribution in [2.24, 2.45) is 0 Å². The van der Waals surface area contributed by atoms with Crippen LogP contribution in [0.2, 0.25) is 0 Å². The topological polar surface area (TPSA) is 36.3 Å². The van der Waals surface area contributed by atoms with E-state index in [0.29, 0.717) is 6.61 Å². The molecular weight excluding hydrogens is 300 g/mol. The summed E-state index contributed by atoms with van der Waals surface area (Å²) in [6, 6.07) is 14.1. The molecular formula is C20H22N2O2. The predicted octanol–water partition coefficient (Wildman–Crippen LogP) is 4.55. The molecule has 2 aromatic carbocycles. The highest BCUT2D eigenvalue weighted by molar-refractivity contribution is 5.74. The first-order valence-corrected chi connectivity index (χ1v) is 8.15. The molecule has 0 fully saturated rings. The summed E-state index contributed by atoms with van der Waals surface area (Å²) in [5, 5.41) is 0. The number of fused-ring (bicyclic) bond motifs is 1. The molecule has 124 valence electrons. The highest BCUT2D eigenvalue weighted by atomic mass is 16.5. The minimum atomic E-state index is 0.631. The molecule has 0 unspecified atom stereocenters. The fraction of sp³-hybridized carbons (Fsp3) is 0.250. The van der Waals surface area contributed by atoms with Gasteiger partial charge in [-0.2, -0.15) is 0 Å². The summed E-state index contributed by atoms with van der Waals surface area (Å²) in [6.45, 7) is 3.50. The summed E-state index contributed by atoms with van der Waals surface area (Å²) in [6.07, 6.45) is 6.83. The molecule has 0 spiro atoms. The minimum Gasteiger partial charge on any atom is -0.493 e. The molecule has 0 radical (unpaired) electrons. The maximum atomic E-state index is 5.89. The van der Waals surface area contributed by atoms with Gasteiger partial charge in [0.1, 0.15) is 0 Å². The summed E-state index contributed by atoms with van der Waals surface area (Å²) in [7, 11) is 1.67. The molecule has 0 atom stereocenters. The highest BCUT2D eigenvalue weighted by Gasteiger charge is 2.05. The van der Waals surface area contributed by atoms with Gasteiger partial charge in [-0.05, 0) is 43.2 Å². The first-order chi connectivity index (χ1) is 11.8. The number of hydrogen-bond acceptors (Lipinski definition) is 3. The van der Waals surface area contributed by atoms with Gasteiger partial charge in [-0.3, -0.25) is 0 Å². The zero-order chi connectivity index (χ0) is 16.8. The number of aromatic nitrogens is 2. The summed E-state index contributed by atoms with van der Waals surface area (Å²) >= 11 is 0. The molecule has 0 N–H and O–H groups in total. The van der Waals surface area contributed by atoms with E-state index in [9.17, 15) is 0 Å². The van der Waals surface area contributed by atoms with Gasteiger partial charge in [0.05, 0.1) is 31.1 Å². The minimum absolute atomic E-state index is 0.631. The Balaban J connectivity index is 1.58. The maximum absolute atomic E-state index is 5.89. The van der Waals surface area contributed by atoms with Gasteiger partial charge in [0.25, 0.3) is 0 Å². The average molecular weight is 322 g/mol. The molecule has 1 aromatic heterocycles. The van der Waals surface area contributed by atoms with Crippen LogP contribution in [0.5, 0.6) is 11.5 Å². The molecule has 4 heteroatoms. The van der Waals surface area contributed by atoms with Gasteiger partial charge in [-0.25, -0.2) is 4.98 Å². The molecule has 3 aromatic rings. The van der Waals surface area contributed by atoms with Crippen molar-refractivity contribution in [2.75, 3.05) is 13.7 Å². The first kappa shape index (κ1) is 16.1. The van der Waals surface area contributed by atoms with Crippen molar-refractivity contribution in [3.05, 3.63) is 60.4 Å². The van der Waals surface area contributed by atoms with Gasteiger partial charge < -0.3 is 14.0 Å². The van der Waals surface area contributed by atoms with Crippen molar-refractivity contribution in [2.45, 2.75) is 19.9 Å². The smallest absolute Gasteiger partial charge is 0.161 e. The van der Waals surface area contributed by atoms with E-state index in [-0.39, 0.29) is 0 Å². The lowest BCUT2D eigenvalue weighted by atomic mass is 10.2. The Morgan fingerprint density at radius 1 is 1.12 bits per heavy atom. The number of ether oxygens (including phenoxy) is 2. The summed E-state index contributed by atoms with van der Waals surface area (Å²) in [4.78, 5) is 4.41. The highest BCUT2D eigenvalue weighted by Crippen LogP contribution is 2.28. The van der Waals surface area contributed by atoms with Gasteiger partial charge in [0.2, 0.25) is 0 Å². The molecule has 0 aliphatic carbocycles. The number of para-hydroxylation sites is 2. The third-order valence-electron chi connectivity index (χ3n) is 3.88. The average Bonchev–Trinajstić information content (AvgIpc) is 3.03. The Kier molecular flexibility index (Phi) is 5.16. The molecule has 3 rings (SSSR count).